The number of ether oxygens (including phenoxy) is 1. The molecule has 2 aromatic rings. The number of hydrogen-bond acceptors (Lipinski definition) is 5. The second-order valence-corrected chi connectivity index (χ2v) is 4.83. The molecule has 0 atom stereocenters. The van der Waals surface area contributed by atoms with E-state index < -0.39 is 5.97 Å². The number of methoxy groups -OCH3 is 1. The van der Waals surface area contributed by atoms with Crippen LogP contribution in [-0.2, 0) is 9.53 Å². The van der Waals surface area contributed by atoms with E-state index in [1.807, 2.05) is 31.2 Å². The van der Waals surface area contributed by atoms with Crippen LogP contribution in [0.3, 0.4) is 0 Å². The van der Waals surface area contributed by atoms with Crippen LogP contribution in [0.1, 0.15) is 28.9 Å². The molecule has 1 heterocycles. The van der Waals surface area contributed by atoms with Crippen LogP contribution in [0.5, 0.6) is 0 Å². The van der Waals surface area contributed by atoms with Crippen molar-refractivity contribution in [3.05, 3.63) is 53.7 Å². The number of aryl methyl sites for hydroxylation is 1. The van der Waals surface area contributed by atoms with Crippen LogP contribution in [0, 0.1) is 6.92 Å². The lowest BCUT2D eigenvalue weighted by molar-refractivity contribution is -0.134. The molecule has 0 aliphatic heterocycles. The quantitative estimate of drug-likeness (QED) is 0.465. The average molecular weight is 299 g/mol. The molecule has 114 valence electrons. The van der Waals surface area contributed by atoms with E-state index in [4.69, 9.17) is 4.52 Å². The third-order valence-corrected chi connectivity index (χ3v) is 3.13. The first-order chi connectivity index (χ1) is 10.6. The molecule has 2 rings (SSSR count). The number of carbonyl (C=O) groups is 2. The van der Waals surface area contributed by atoms with E-state index >= 15 is 0 Å². The molecule has 0 saturated carbocycles. The smallest absolute Gasteiger partial charge is 0.330 e. The van der Waals surface area contributed by atoms with Gasteiger partial charge in [0.05, 0.1) is 7.11 Å². The molecular weight excluding hydrogens is 282 g/mol. The topological polar surface area (TPSA) is 69.4 Å². The Balaban J connectivity index is 1.96. The second-order valence-electron chi connectivity index (χ2n) is 4.83. The van der Waals surface area contributed by atoms with Gasteiger partial charge in [0.2, 0.25) is 0 Å². The number of Topliss-reactive ketones (excluding diaryl/α,β-unsaturated/α-hetero) is 1. The Morgan fingerprint density at radius 3 is 2.68 bits per heavy atom. The summed E-state index contributed by atoms with van der Waals surface area (Å²) < 4.78 is 9.68. The normalized spacial score (nSPS) is 10.8. The zero-order valence-corrected chi connectivity index (χ0v) is 12.5. The van der Waals surface area contributed by atoms with Gasteiger partial charge in [0, 0.05) is 24.1 Å². The van der Waals surface area contributed by atoms with Crippen molar-refractivity contribution in [3.8, 4) is 11.3 Å². The van der Waals surface area contributed by atoms with E-state index in [1.165, 1.54) is 13.2 Å². The number of ketones is 1. The number of esters is 1. The minimum absolute atomic E-state index is 0.128. The molecule has 0 unspecified atom stereocenters. The zero-order chi connectivity index (χ0) is 15.9. The van der Waals surface area contributed by atoms with Crippen LogP contribution in [-0.4, -0.2) is 24.0 Å². The Bertz CT molecular complexity index is 683. The summed E-state index contributed by atoms with van der Waals surface area (Å²) in [6, 6.07) is 9.41. The number of nitrogens with zero attached hydrogens (tertiary/aromatic N) is 1. The molecular formula is C17H17NO4. The van der Waals surface area contributed by atoms with E-state index in [9.17, 15) is 9.59 Å². The van der Waals surface area contributed by atoms with Crippen molar-refractivity contribution in [1.29, 1.82) is 0 Å². The lowest BCUT2D eigenvalue weighted by Gasteiger charge is -1.95. The number of aromatic nitrogens is 1. The summed E-state index contributed by atoms with van der Waals surface area (Å²) in [7, 11) is 1.31. The van der Waals surface area contributed by atoms with Gasteiger partial charge in [0.25, 0.3) is 0 Å². The number of allylic oxidation sites excluding steroid dienone is 1. The molecule has 22 heavy (non-hydrogen) atoms. The van der Waals surface area contributed by atoms with Gasteiger partial charge in [-0.05, 0) is 13.3 Å². The summed E-state index contributed by atoms with van der Waals surface area (Å²) in [5.74, 6) is 0.000577. The van der Waals surface area contributed by atoms with Crippen molar-refractivity contribution in [2.75, 3.05) is 7.11 Å². The van der Waals surface area contributed by atoms with Crippen molar-refractivity contribution >= 4 is 11.8 Å². The minimum Gasteiger partial charge on any atom is -0.466 e. The third-order valence-electron chi connectivity index (χ3n) is 3.13. The van der Waals surface area contributed by atoms with Crippen molar-refractivity contribution < 1.29 is 18.8 Å². The molecule has 0 bridgehead atoms. The van der Waals surface area contributed by atoms with Crippen LogP contribution in [0.25, 0.3) is 11.3 Å². The van der Waals surface area contributed by atoms with E-state index in [2.05, 4.69) is 9.89 Å². The van der Waals surface area contributed by atoms with Crippen LogP contribution in [0.15, 0.2) is 47.0 Å². The summed E-state index contributed by atoms with van der Waals surface area (Å²) in [6.45, 7) is 2.00. The van der Waals surface area contributed by atoms with Gasteiger partial charge in [0.1, 0.15) is 5.69 Å². The standard InChI is InChI=1S/C17H17NO4/c1-12-7-9-13(10-8-12)16-11-14(18-22-16)15(19)5-3-4-6-17(20)21-2/h4,6-11H,3,5H2,1-2H3/b6-4+. The molecule has 0 N–H and O–H groups in total. The molecule has 1 aromatic carbocycles. The van der Waals surface area contributed by atoms with Crippen LogP contribution in [0.4, 0.5) is 0 Å². The Labute approximate surface area is 128 Å². The summed E-state index contributed by atoms with van der Waals surface area (Å²) >= 11 is 0. The SMILES string of the molecule is COC(=O)/C=C/CCC(=O)c1cc(-c2ccc(C)cc2)on1. The molecule has 0 saturated heterocycles. The monoisotopic (exact) mass is 299 g/mol. The highest BCUT2D eigenvalue weighted by Crippen LogP contribution is 2.21. The first-order valence-corrected chi connectivity index (χ1v) is 6.91. The molecule has 0 aliphatic rings. The molecule has 5 nitrogen and oxygen atoms in total. The maximum atomic E-state index is 12.0. The second kappa shape index (κ2) is 7.36. The first-order valence-electron chi connectivity index (χ1n) is 6.91. The minimum atomic E-state index is -0.435. The van der Waals surface area contributed by atoms with Crippen LogP contribution >= 0.6 is 0 Å². The van der Waals surface area contributed by atoms with Crippen molar-refractivity contribution in [1.82, 2.24) is 5.16 Å². The molecule has 0 fully saturated rings. The number of hydrogen-bond donors (Lipinski definition) is 0. The highest BCUT2D eigenvalue weighted by atomic mass is 16.5. The Morgan fingerprint density at radius 2 is 2.00 bits per heavy atom. The van der Waals surface area contributed by atoms with E-state index in [-0.39, 0.29) is 12.2 Å². The molecule has 0 radical (unpaired) electrons. The fraction of sp³-hybridized carbons (Fsp3) is 0.235. The highest BCUT2D eigenvalue weighted by Gasteiger charge is 2.13. The maximum Gasteiger partial charge on any atom is 0.330 e. The first kappa shape index (κ1) is 15.7. The summed E-state index contributed by atoms with van der Waals surface area (Å²) in [5.41, 5.74) is 2.32. The van der Waals surface area contributed by atoms with Crippen LogP contribution < -0.4 is 0 Å². The van der Waals surface area contributed by atoms with E-state index in [0.29, 0.717) is 17.9 Å². The predicted octanol–water partition coefficient (Wildman–Crippen LogP) is 3.34. The Hall–Kier alpha value is -2.69. The average Bonchev–Trinajstić information content (AvgIpc) is 3.01. The fourth-order valence-corrected chi connectivity index (χ4v) is 1.85. The van der Waals surface area contributed by atoms with Gasteiger partial charge in [-0.25, -0.2) is 4.79 Å². The zero-order valence-electron chi connectivity index (χ0n) is 12.5. The van der Waals surface area contributed by atoms with Gasteiger partial charge in [-0.1, -0.05) is 41.1 Å². The lowest BCUT2D eigenvalue weighted by Crippen LogP contribution is -1.98. The van der Waals surface area contributed by atoms with Gasteiger partial charge in [-0.2, -0.15) is 0 Å². The third kappa shape index (κ3) is 4.15. The fourth-order valence-electron chi connectivity index (χ4n) is 1.85. The van der Waals surface area contributed by atoms with Crippen molar-refractivity contribution in [3.63, 3.8) is 0 Å². The molecule has 5 heteroatoms. The Kier molecular flexibility index (Phi) is 5.25. The van der Waals surface area contributed by atoms with E-state index in [1.54, 1.807) is 12.1 Å². The number of carbonyl (C=O) groups excluding carboxylic acids is 2. The molecule has 0 spiro atoms. The van der Waals surface area contributed by atoms with Gasteiger partial charge in [-0.15, -0.1) is 0 Å². The van der Waals surface area contributed by atoms with Gasteiger partial charge in [-0.3, -0.25) is 4.79 Å². The highest BCUT2D eigenvalue weighted by molar-refractivity contribution is 5.95. The number of rotatable bonds is 6. The predicted molar refractivity (Wildman–Crippen MR) is 81.4 cm³/mol. The largest absolute Gasteiger partial charge is 0.466 e. The lowest BCUT2D eigenvalue weighted by atomic mass is 10.1. The molecule has 0 amide bonds. The maximum absolute atomic E-state index is 12.0. The molecule has 1 aromatic heterocycles. The van der Waals surface area contributed by atoms with Crippen molar-refractivity contribution in [2.24, 2.45) is 0 Å². The summed E-state index contributed by atoms with van der Waals surface area (Å²) in [4.78, 5) is 22.9. The van der Waals surface area contributed by atoms with Gasteiger partial charge >= 0.3 is 5.97 Å². The molecule has 0 aliphatic carbocycles. The number of benzene rings is 1. The van der Waals surface area contributed by atoms with Gasteiger partial charge in [0.15, 0.2) is 11.5 Å². The Morgan fingerprint density at radius 1 is 1.27 bits per heavy atom. The summed E-state index contributed by atoms with van der Waals surface area (Å²) in [5, 5.41) is 3.80. The van der Waals surface area contributed by atoms with E-state index in [0.717, 1.165) is 11.1 Å². The van der Waals surface area contributed by atoms with Crippen molar-refractivity contribution in [2.45, 2.75) is 19.8 Å². The summed E-state index contributed by atoms with van der Waals surface area (Å²) in [6.07, 6.45) is 3.60. The van der Waals surface area contributed by atoms with Crippen LogP contribution in [0.2, 0.25) is 0 Å². The van der Waals surface area contributed by atoms with Gasteiger partial charge < -0.3 is 9.26 Å².